The van der Waals surface area contributed by atoms with Crippen LogP contribution in [0.5, 0.6) is 0 Å². The van der Waals surface area contributed by atoms with Crippen LogP contribution in [0.25, 0.3) is 0 Å². The molecular formula is C17H24FN3O2. The standard InChI is InChI=1S/C17H24FN3O2/c1-4-23-17(21(3)15-8-10-20(2)11-9-15)19-16(22)13-6-5-7-14(18)12-13/h5-7,12,15H,4,8-11H2,1-3H3. The van der Waals surface area contributed by atoms with Gasteiger partial charge < -0.3 is 14.5 Å². The van der Waals surface area contributed by atoms with Crippen LogP contribution in [0.3, 0.4) is 0 Å². The summed E-state index contributed by atoms with van der Waals surface area (Å²) in [5, 5.41) is 0. The van der Waals surface area contributed by atoms with E-state index in [9.17, 15) is 9.18 Å². The van der Waals surface area contributed by atoms with E-state index in [-0.39, 0.29) is 11.6 Å². The van der Waals surface area contributed by atoms with Gasteiger partial charge in [-0.25, -0.2) is 4.39 Å². The van der Waals surface area contributed by atoms with Crippen LogP contribution in [-0.4, -0.2) is 61.6 Å². The minimum atomic E-state index is -0.493. The highest BCUT2D eigenvalue weighted by Gasteiger charge is 2.24. The number of amidine groups is 1. The zero-order valence-electron chi connectivity index (χ0n) is 14.0. The van der Waals surface area contributed by atoms with Crippen LogP contribution in [0.2, 0.25) is 0 Å². The summed E-state index contributed by atoms with van der Waals surface area (Å²) in [7, 11) is 3.99. The van der Waals surface area contributed by atoms with Gasteiger partial charge in [0.05, 0.1) is 6.61 Å². The number of amides is 1. The quantitative estimate of drug-likeness (QED) is 0.633. The van der Waals surface area contributed by atoms with Crippen molar-refractivity contribution in [2.75, 3.05) is 33.8 Å². The van der Waals surface area contributed by atoms with E-state index < -0.39 is 11.7 Å². The fourth-order valence-corrected chi connectivity index (χ4v) is 2.65. The van der Waals surface area contributed by atoms with Crippen LogP contribution in [0.15, 0.2) is 29.3 Å². The number of hydrogen-bond acceptors (Lipinski definition) is 3. The fourth-order valence-electron chi connectivity index (χ4n) is 2.65. The van der Waals surface area contributed by atoms with Crippen molar-refractivity contribution in [3.05, 3.63) is 35.6 Å². The van der Waals surface area contributed by atoms with Gasteiger partial charge in [-0.1, -0.05) is 6.07 Å². The van der Waals surface area contributed by atoms with Gasteiger partial charge >= 0.3 is 0 Å². The molecule has 1 aliphatic rings. The summed E-state index contributed by atoms with van der Waals surface area (Å²) in [5.74, 6) is -0.944. The summed E-state index contributed by atoms with van der Waals surface area (Å²) in [5.41, 5.74) is 0.221. The summed E-state index contributed by atoms with van der Waals surface area (Å²) in [6.45, 7) is 4.29. The zero-order chi connectivity index (χ0) is 16.8. The predicted octanol–water partition coefficient (Wildman–Crippen LogP) is 2.38. The normalized spacial score (nSPS) is 17.1. The summed E-state index contributed by atoms with van der Waals surface area (Å²) < 4.78 is 18.8. The van der Waals surface area contributed by atoms with Crippen molar-refractivity contribution in [1.29, 1.82) is 0 Å². The van der Waals surface area contributed by atoms with Gasteiger partial charge in [-0.05, 0) is 58.1 Å². The predicted molar refractivity (Wildman–Crippen MR) is 88.1 cm³/mol. The molecule has 0 N–H and O–H groups in total. The Labute approximate surface area is 136 Å². The fraction of sp³-hybridized carbons (Fsp3) is 0.529. The molecule has 6 heteroatoms. The molecule has 1 aliphatic heterocycles. The molecule has 1 aromatic carbocycles. The molecule has 5 nitrogen and oxygen atoms in total. The van der Waals surface area contributed by atoms with Crippen molar-refractivity contribution in [1.82, 2.24) is 9.80 Å². The zero-order valence-corrected chi connectivity index (χ0v) is 14.0. The lowest BCUT2D eigenvalue weighted by Crippen LogP contribution is -2.45. The minimum Gasteiger partial charge on any atom is -0.465 e. The molecular weight excluding hydrogens is 297 g/mol. The van der Waals surface area contributed by atoms with E-state index in [2.05, 4.69) is 16.9 Å². The van der Waals surface area contributed by atoms with Crippen molar-refractivity contribution in [2.24, 2.45) is 4.99 Å². The summed E-state index contributed by atoms with van der Waals surface area (Å²) in [4.78, 5) is 20.5. The highest BCUT2D eigenvalue weighted by Crippen LogP contribution is 2.15. The number of rotatable bonds is 3. The number of likely N-dealkylation sites (tertiary alicyclic amines) is 1. The van der Waals surface area contributed by atoms with Crippen LogP contribution in [0.1, 0.15) is 30.1 Å². The Morgan fingerprint density at radius 3 is 2.74 bits per heavy atom. The number of halogens is 1. The number of hydrogen-bond donors (Lipinski definition) is 0. The minimum absolute atomic E-state index is 0.221. The molecule has 0 atom stereocenters. The van der Waals surface area contributed by atoms with Crippen LogP contribution >= 0.6 is 0 Å². The van der Waals surface area contributed by atoms with Crippen molar-refractivity contribution in [2.45, 2.75) is 25.8 Å². The molecule has 1 aromatic rings. The molecule has 0 spiro atoms. The molecule has 0 aliphatic carbocycles. The molecule has 1 fully saturated rings. The van der Waals surface area contributed by atoms with Crippen molar-refractivity contribution in [3.63, 3.8) is 0 Å². The van der Waals surface area contributed by atoms with E-state index >= 15 is 0 Å². The maximum Gasteiger partial charge on any atom is 0.295 e. The average molecular weight is 321 g/mol. The Kier molecular flexibility index (Phi) is 6.10. The molecule has 0 saturated carbocycles. The van der Waals surface area contributed by atoms with Gasteiger partial charge in [-0.15, -0.1) is 0 Å². The molecule has 23 heavy (non-hydrogen) atoms. The van der Waals surface area contributed by atoms with Crippen LogP contribution in [-0.2, 0) is 4.74 Å². The van der Waals surface area contributed by atoms with E-state index in [1.54, 1.807) is 6.07 Å². The number of carbonyl (C=O) groups is 1. The van der Waals surface area contributed by atoms with Gasteiger partial charge in [0.25, 0.3) is 11.9 Å². The molecule has 2 rings (SSSR count). The van der Waals surface area contributed by atoms with Crippen LogP contribution < -0.4 is 0 Å². The molecule has 1 amide bonds. The molecule has 1 saturated heterocycles. The third-order valence-corrected chi connectivity index (χ3v) is 4.08. The molecule has 126 valence electrons. The number of nitrogens with zero attached hydrogens (tertiary/aromatic N) is 3. The number of ether oxygens (including phenoxy) is 1. The molecule has 0 radical (unpaired) electrons. The average Bonchev–Trinajstić information content (AvgIpc) is 2.54. The van der Waals surface area contributed by atoms with E-state index in [0.717, 1.165) is 25.9 Å². The third kappa shape index (κ3) is 4.76. The topological polar surface area (TPSA) is 45.1 Å². The first kappa shape index (κ1) is 17.4. The molecule has 0 bridgehead atoms. The highest BCUT2D eigenvalue weighted by molar-refractivity contribution is 6.01. The maximum atomic E-state index is 13.3. The van der Waals surface area contributed by atoms with Crippen molar-refractivity contribution >= 4 is 11.9 Å². The molecule has 0 aromatic heterocycles. The van der Waals surface area contributed by atoms with Gasteiger partial charge in [0, 0.05) is 18.7 Å². The first-order valence-electron chi connectivity index (χ1n) is 7.94. The van der Waals surface area contributed by atoms with Crippen LogP contribution in [0, 0.1) is 5.82 Å². The van der Waals surface area contributed by atoms with Gasteiger partial charge in [0.15, 0.2) is 0 Å². The second kappa shape index (κ2) is 8.06. The van der Waals surface area contributed by atoms with E-state index in [1.807, 2.05) is 18.9 Å². The summed E-state index contributed by atoms with van der Waals surface area (Å²) >= 11 is 0. The van der Waals surface area contributed by atoms with Crippen molar-refractivity contribution < 1.29 is 13.9 Å². The second-order valence-electron chi connectivity index (χ2n) is 5.79. The van der Waals surface area contributed by atoms with Gasteiger partial charge in [-0.2, -0.15) is 4.99 Å². The van der Waals surface area contributed by atoms with E-state index in [0.29, 0.717) is 12.6 Å². The van der Waals surface area contributed by atoms with Crippen LogP contribution in [0.4, 0.5) is 4.39 Å². The lowest BCUT2D eigenvalue weighted by molar-refractivity contribution is 0.0989. The SMILES string of the molecule is CCOC(=NC(=O)c1cccc(F)c1)N(C)C1CCN(C)CC1. The number of carbonyl (C=O) groups excluding carboxylic acids is 1. The smallest absolute Gasteiger partial charge is 0.295 e. The van der Waals surface area contributed by atoms with Gasteiger partial charge in [0.1, 0.15) is 5.82 Å². The Morgan fingerprint density at radius 2 is 2.13 bits per heavy atom. The van der Waals surface area contributed by atoms with E-state index in [4.69, 9.17) is 4.74 Å². The molecule has 0 unspecified atom stereocenters. The lowest BCUT2D eigenvalue weighted by atomic mass is 10.0. The van der Waals surface area contributed by atoms with Crippen molar-refractivity contribution in [3.8, 4) is 0 Å². The second-order valence-corrected chi connectivity index (χ2v) is 5.79. The number of aliphatic imine (C=N–C) groups is 1. The lowest BCUT2D eigenvalue weighted by Gasteiger charge is -2.35. The third-order valence-electron chi connectivity index (χ3n) is 4.08. The number of piperidine rings is 1. The first-order chi connectivity index (χ1) is 11.0. The van der Waals surface area contributed by atoms with E-state index in [1.165, 1.54) is 18.2 Å². The summed E-state index contributed by atoms with van der Waals surface area (Å²) in [6.07, 6.45) is 1.99. The Hall–Kier alpha value is -1.95. The highest BCUT2D eigenvalue weighted by atomic mass is 19.1. The number of benzene rings is 1. The first-order valence-corrected chi connectivity index (χ1v) is 7.94. The Morgan fingerprint density at radius 1 is 1.43 bits per heavy atom. The maximum absolute atomic E-state index is 13.3. The Bertz CT molecular complexity index is 569. The largest absolute Gasteiger partial charge is 0.465 e. The molecule has 1 heterocycles. The van der Waals surface area contributed by atoms with Gasteiger partial charge in [0.2, 0.25) is 0 Å². The van der Waals surface area contributed by atoms with Gasteiger partial charge in [-0.3, -0.25) is 4.79 Å². The monoisotopic (exact) mass is 321 g/mol. The summed E-state index contributed by atoms with van der Waals surface area (Å²) in [6, 6.07) is 6.13. The Balaban J connectivity index is 2.14.